The maximum atomic E-state index is 13.9. The number of hydrogen-bond donors (Lipinski definition) is 1. The zero-order chi connectivity index (χ0) is 13.2. The molecule has 1 aliphatic carbocycles. The molecule has 1 fully saturated rings. The van der Waals surface area contributed by atoms with E-state index < -0.39 is 0 Å². The zero-order valence-corrected chi connectivity index (χ0v) is 10.8. The smallest absolute Gasteiger partial charge is 0.126 e. The fraction of sp³-hybridized carbons (Fsp3) is 0.294. The van der Waals surface area contributed by atoms with Crippen LogP contribution in [0.2, 0.25) is 0 Å². The highest BCUT2D eigenvalue weighted by Gasteiger charge is 2.44. The Morgan fingerprint density at radius 2 is 1.74 bits per heavy atom. The van der Waals surface area contributed by atoms with Crippen LogP contribution in [0.4, 0.5) is 4.39 Å². The Hall–Kier alpha value is -1.67. The van der Waals surface area contributed by atoms with Gasteiger partial charge in [0.2, 0.25) is 0 Å². The molecule has 0 amide bonds. The lowest BCUT2D eigenvalue weighted by Gasteiger charge is -2.16. The van der Waals surface area contributed by atoms with Gasteiger partial charge in [0.25, 0.3) is 0 Å². The molecule has 19 heavy (non-hydrogen) atoms. The van der Waals surface area contributed by atoms with Gasteiger partial charge in [-0.25, -0.2) is 4.39 Å². The van der Waals surface area contributed by atoms with Gasteiger partial charge in [-0.15, -0.1) is 0 Å². The van der Waals surface area contributed by atoms with Crippen molar-refractivity contribution in [2.24, 2.45) is 11.7 Å². The summed E-state index contributed by atoms with van der Waals surface area (Å²) >= 11 is 0. The second-order valence-corrected chi connectivity index (χ2v) is 5.28. The summed E-state index contributed by atoms with van der Waals surface area (Å²) in [5.41, 5.74) is 8.01. The molecule has 3 rings (SSSR count). The van der Waals surface area contributed by atoms with E-state index in [0.717, 1.165) is 12.0 Å². The van der Waals surface area contributed by atoms with Crippen LogP contribution in [0.25, 0.3) is 0 Å². The van der Waals surface area contributed by atoms with Crippen LogP contribution in [-0.2, 0) is 0 Å². The van der Waals surface area contributed by atoms with E-state index in [4.69, 9.17) is 5.73 Å². The first-order valence-corrected chi connectivity index (χ1v) is 6.80. The second kappa shape index (κ2) is 5.14. The van der Waals surface area contributed by atoms with Crippen LogP contribution in [0.3, 0.4) is 0 Å². The van der Waals surface area contributed by atoms with Gasteiger partial charge >= 0.3 is 0 Å². The predicted octanol–water partition coefficient (Wildman–Crippen LogP) is 3.67. The van der Waals surface area contributed by atoms with Crippen LogP contribution in [0.15, 0.2) is 54.6 Å². The minimum absolute atomic E-state index is 0.128. The SMILES string of the molecule is NCC(c1ccccc1F)C1CC1c1ccccc1. The normalized spacial score (nSPS) is 23.1. The molecule has 0 aliphatic heterocycles. The molecular formula is C17H18FN. The maximum Gasteiger partial charge on any atom is 0.126 e. The Bertz CT molecular complexity index is 552. The van der Waals surface area contributed by atoms with E-state index in [0.29, 0.717) is 18.4 Å². The van der Waals surface area contributed by atoms with Crippen LogP contribution in [-0.4, -0.2) is 6.54 Å². The molecule has 98 valence electrons. The minimum Gasteiger partial charge on any atom is -0.330 e. The number of nitrogens with two attached hydrogens (primary N) is 1. The van der Waals surface area contributed by atoms with Gasteiger partial charge in [0, 0.05) is 5.92 Å². The summed E-state index contributed by atoms with van der Waals surface area (Å²) in [5, 5.41) is 0. The van der Waals surface area contributed by atoms with E-state index in [1.807, 2.05) is 18.2 Å². The number of rotatable bonds is 4. The van der Waals surface area contributed by atoms with E-state index in [9.17, 15) is 4.39 Å². The first-order chi connectivity index (χ1) is 9.31. The molecule has 0 radical (unpaired) electrons. The molecular weight excluding hydrogens is 237 g/mol. The highest BCUT2D eigenvalue weighted by atomic mass is 19.1. The van der Waals surface area contributed by atoms with Gasteiger partial charge in [-0.1, -0.05) is 48.5 Å². The molecule has 3 unspecified atom stereocenters. The Balaban J connectivity index is 1.81. The first kappa shape index (κ1) is 12.4. The Kier molecular flexibility index (Phi) is 3.34. The summed E-state index contributed by atoms with van der Waals surface area (Å²) in [7, 11) is 0. The van der Waals surface area contributed by atoms with Gasteiger partial charge in [-0.05, 0) is 42.0 Å². The molecule has 1 saturated carbocycles. The lowest BCUT2D eigenvalue weighted by atomic mass is 9.91. The van der Waals surface area contributed by atoms with E-state index in [1.54, 1.807) is 6.07 Å². The van der Waals surface area contributed by atoms with Crippen molar-refractivity contribution in [3.8, 4) is 0 Å². The van der Waals surface area contributed by atoms with Crippen molar-refractivity contribution in [3.63, 3.8) is 0 Å². The molecule has 3 atom stereocenters. The summed E-state index contributed by atoms with van der Waals surface area (Å²) in [4.78, 5) is 0. The van der Waals surface area contributed by atoms with Crippen molar-refractivity contribution in [2.45, 2.75) is 18.3 Å². The molecule has 2 aromatic carbocycles. The van der Waals surface area contributed by atoms with Gasteiger partial charge in [-0.2, -0.15) is 0 Å². The van der Waals surface area contributed by atoms with E-state index in [2.05, 4.69) is 24.3 Å². The summed E-state index contributed by atoms with van der Waals surface area (Å²) in [6.45, 7) is 0.509. The fourth-order valence-corrected chi connectivity index (χ4v) is 3.05. The van der Waals surface area contributed by atoms with E-state index in [1.165, 1.54) is 11.6 Å². The lowest BCUT2D eigenvalue weighted by molar-refractivity contribution is 0.540. The predicted molar refractivity (Wildman–Crippen MR) is 75.5 cm³/mol. The Labute approximate surface area is 113 Å². The summed E-state index contributed by atoms with van der Waals surface area (Å²) in [5.74, 6) is 1.02. The summed E-state index contributed by atoms with van der Waals surface area (Å²) in [6.07, 6.45) is 1.11. The molecule has 1 aliphatic rings. The standard InChI is InChI=1S/C17H18FN/c18-17-9-5-4-8-13(17)16(11-19)15-10-14(15)12-6-2-1-3-7-12/h1-9,14-16H,10-11,19H2. The maximum absolute atomic E-state index is 13.9. The van der Waals surface area contributed by atoms with Crippen molar-refractivity contribution in [3.05, 3.63) is 71.5 Å². The molecule has 0 heterocycles. The highest BCUT2D eigenvalue weighted by Crippen LogP contribution is 2.54. The van der Waals surface area contributed by atoms with Crippen LogP contribution >= 0.6 is 0 Å². The molecule has 0 spiro atoms. The molecule has 1 nitrogen and oxygen atoms in total. The third kappa shape index (κ3) is 2.41. The van der Waals surface area contributed by atoms with Crippen molar-refractivity contribution in [1.82, 2.24) is 0 Å². The van der Waals surface area contributed by atoms with E-state index in [-0.39, 0.29) is 11.7 Å². The van der Waals surface area contributed by atoms with Gasteiger partial charge < -0.3 is 5.73 Å². The quantitative estimate of drug-likeness (QED) is 0.886. The van der Waals surface area contributed by atoms with Gasteiger partial charge in [-0.3, -0.25) is 0 Å². The van der Waals surface area contributed by atoms with E-state index >= 15 is 0 Å². The average molecular weight is 255 g/mol. The van der Waals surface area contributed by atoms with Crippen LogP contribution in [0.1, 0.15) is 29.4 Å². The first-order valence-electron chi connectivity index (χ1n) is 6.80. The van der Waals surface area contributed by atoms with Crippen LogP contribution < -0.4 is 5.73 Å². The molecule has 0 aromatic heterocycles. The Morgan fingerprint density at radius 1 is 1.05 bits per heavy atom. The molecule has 0 saturated heterocycles. The lowest BCUT2D eigenvalue weighted by Crippen LogP contribution is -2.16. The zero-order valence-electron chi connectivity index (χ0n) is 10.8. The minimum atomic E-state index is -0.128. The molecule has 2 aromatic rings. The van der Waals surface area contributed by atoms with Gasteiger partial charge in [0.05, 0.1) is 0 Å². The number of halogens is 1. The van der Waals surface area contributed by atoms with Crippen molar-refractivity contribution in [2.75, 3.05) is 6.54 Å². The second-order valence-electron chi connectivity index (χ2n) is 5.28. The molecule has 2 heteroatoms. The van der Waals surface area contributed by atoms with Crippen LogP contribution in [0, 0.1) is 11.7 Å². The average Bonchev–Trinajstić information content (AvgIpc) is 3.23. The molecule has 0 bridgehead atoms. The fourth-order valence-electron chi connectivity index (χ4n) is 3.05. The summed E-state index contributed by atoms with van der Waals surface area (Å²) in [6, 6.07) is 17.5. The van der Waals surface area contributed by atoms with Crippen molar-refractivity contribution < 1.29 is 4.39 Å². The Morgan fingerprint density at radius 3 is 2.42 bits per heavy atom. The third-order valence-electron chi connectivity index (χ3n) is 4.14. The highest BCUT2D eigenvalue weighted by molar-refractivity contribution is 5.31. The molecule has 2 N–H and O–H groups in total. The van der Waals surface area contributed by atoms with Gasteiger partial charge in [0.15, 0.2) is 0 Å². The summed E-state index contributed by atoms with van der Waals surface area (Å²) < 4.78 is 13.9. The third-order valence-corrected chi connectivity index (χ3v) is 4.14. The van der Waals surface area contributed by atoms with Crippen molar-refractivity contribution in [1.29, 1.82) is 0 Å². The number of hydrogen-bond acceptors (Lipinski definition) is 1. The van der Waals surface area contributed by atoms with Crippen molar-refractivity contribution >= 4 is 0 Å². The monoisotopic (exact) mass is 255 g/mol. The van der Waals surface area contributed by atoms with Crippen LogP contribution in [0.5, 0.6) is 0 Å². The largest absolute Gasteiger partial charge is 0.330 e. The topological polar surface area (TPSA) is 26.0 Å². The number of benzene rings is 2. The van der Waals surface area contributed by atoms with Gasteiger partial charge in [0.1, 0.15) is 5.82 Å².